The van der Waals surface area contributed by atoms with Crippen molar-refractivity contribution in [3.63, 3.8) is 0 Å². The first kappa shape index (κ1) is 18.4. The molecule has 26 heavy (non-hydrogen) atoms. The lowest BCUT2D eigenvalue weighted by atomic mass is 10.1. The van der Waals surface area contributed by atoms with Crippen molar-refractivity contribution >= 4 is 17.3 Å². The number of carbonyl (C=O) groups is 1. The van der Waals surface area contributed by atoms with Crippen LogP contribution in [-0.4, -0.2) is 57.2 Å². The van der Waals surface area contributed by atoms with Gasteiger partial charge in [-0.15, -0.1) is 0 Å². The topological polar surface area (TPSA) is 44.8 Å². The van der Waals surface area contributed by atoms with Gasteiger partial charge in [0.05, 0.1) is 6.61 Å². The molecule has 5 nitrogen and oxygen atoms in total. The molecule has 2 aromatic rings. The van der Waals surface area contributed by atoms with Gasteiger partial charge < -0.3 is 15.0 Å². The van der Waals surface area contributed by atoms with Crippen LogP contribution in [0.4, 0.5) is 11.4 Å². The van der Waals surface area contributed by atoms with E-state index in [1.165, 1.54) is 5.69 Å². The lowest BCUT2D eigenvalue weighted by Crippen LogP contribution is -2.47. The van der Waals surface area contributed by atoms with E-state index < -0.39 is 0 Å². The number of rotatable bonds is 6. The number of amides is 1. The molecule has 1 heterocycles. The molecule has 3 rings (SSSR count). The smallest absolute Gasteiger partial charge is 0.255 e. The summed E-state index contributed by atoms with van der Waals surface area (Å²) in [6.45, 7) is 7.86. The molecule has 0 saturated carbocycles. The Hall–Kier alpha value is -2.37. The second-order valence-corrected chi connectivity index (χ2v) is 6.64. The monoisotopic (exact) mass is 353 g/mol. The zero-order chi connectivity index (χ0) is 18.4. The van der Waals surface area contributed by atoms with Crippen LogP contribution in [0.15, 0.2) is 48.5 Å². The molecular weight excluding hydrogens is 326 g/mol. The molecular formula is C21H27N3O2. The van der Waals surface area contributed by atoms with E-state index in [1.54, 1.807) is 7.11 Å². The molecule has 1 amide bonds. The number of nitrogens with one attached hydrogen (secondary N) is 1. The van der Waals surface area contributed by atoms with Gasteiger partial charge in [0.25, 0.3) is 5.91 Å². The summed E-state index contributed by atoms with van der Waals surface area (Å²) in [6, 6.07) is 15.7. The summed E-state index contributed by atoms with van der Waals surface area (Å²) < 4.78 is 5.15. The average molecular weight is 353 g/mol. The fraction of sp³-hybridized carbons (Fsp3) is 0.381. The number of carbonyl (C=O) groups excluding carboxylic acids is 1. The Balaban J connectivity index is 1.56. The first-order valence-corrected chi connectivity index (χ1v) is 9.10. The standard InChI is InChI=1S/C21H27N3O2/c1-17-5-3-4-6-20(17)21(25)22-18-7-9-19(10-8-18)24-13-11-23(12-14-24)15-16-26-2/h3-10H,11-16H2,1-2H3,(H,22,25). The summed E-state index contributed by atoms with van der Waals surface area (Å²) in [7, 11) is 1.75. The molecule has 0 aliphatic carbocycles. The van der Waals surface area contributed by atoms with Crippen LogP contribution < -0.4 is 10.2 Å². The fourth-order valence-corrected chi connectivity index (χ4v) is 3.23. The molecule has 0 atom stereocenters. The normalized spacial score (nSPS) is 15.1. The van der Waals surface area contributed by atoms with Crippen LogP contribution >= 0.6 is 0 Å². The Morgan fingerprint density at radius 2 is 1.73 bits per heavy atom. The Morgan fingerprint density at radius 3 is 2.38 bits per heavy atom. The molecule has 0 aromatic heterocycles. The quantitative estimate of drug-likeness (QED) is 0.867. The molecule has 0 unspecified atom stereocenters. The molecule has 0 spiro atoms. The molecule has 5 heteroatoms. The minimum atomic E-state index is -0.0670. The zero-order valence-corrected chi connectivity index (χ0v) is 15.6. The van der Waals surface area contributed by atoms with Crippen LogP contribution in [0.2, 0.25) is 0 Å². The summed E-state index contributed by atoms with van der Waals surface area (Å²) in [5, 5.41) is 2.98. The van der Waals surface area contributed by atoms with Gasteiger partial charge in [0.15, 0.2) is 0 Å². The zero-order valence-electron chi connectivity index (χ0n) is 15.6. The molecule has 0 bridgehead atoms. The van der Waals surface area contributed by atoms with Crippen molar-refractivity contribution < 1.29 is 9.53 Å². The van der Waals surface area contributed by atoms with Crippen LogP contribution in [0.3, 0.4) is 0 Å². The molecule has 1 saturated heterocycles. The van der Waals surface area contributed by atoms with Crippen molar-refractivity contribution in [2.75, 3.05) is 56.7 Å². The van der Waals surface area contributed by atoms with Crippen molar-refractivity contribution in [3.8, 4) is 0 Å². The second kappa shape index (κ2) is 8.83. The maximum atomic E-state index is 12.4. The first-order valence-electron chi connectivity index (χ1n) is 9.10. The minimum Gasteiger partial charge on any atom is -0.383 e. The predicted molar refractivity (Wildman–Crippen MR) is 106 cm³/mol. The highest BCUT2D eigenvalue weighted by atomic mass is 16.5. The van der Waals surface area contributed by atoms with E-state index in [4.69, 9.17) is 4.74 Å². The maximum absolute atomic E-state index is 12.4. The molecule has 2 aromatic carbocycles. The second-order valence-electron chi connectivity index (χ2n) is 6.64. The number of anilines is 2. The fourth-order valence-electron chi connectivity index (χ4n) is 3.23. The van der Waals surface area contributed by atoms with Gasteiger partial charge in [-0.1, -0.05) is 18.2 Å². The van der Waals surface area contributed by atoms with E-state index >= 15 is 0 Å². The summed E-state index contributed by atoms with van der Waals surface area (Å²) >= 11 is 0. The van der Waals surface area contributed by atoms with Crippen LogP contribution in [0.5, 0.6) is 0 Å². The van der Waals surface area contributed by atoms with Crippen molar-refractivity contribution in [3.05, 3.63) is 59.7 Å². The number of aryl methyl sites for hydroxylation is 1. The molecule has 1 aliphatic heterocycles. The van der Waals surface area contributed by atoms with E-state index in [1.807, 2.05) is 43.3 Å². The highest BCUT2D eigenvalue weighted by Gasteiger charge is 2.17. The van der Waals surface area contributed by atoms with E-state index in [9.17, 15) is 4.79 Å². The Morgan fingerprint density at radius 1 is 1.04 bits per heavy atom. The van der Waals surface area contributed by atoms with Crippen molar-refractivity contribution in [2.45, 2.75) is 6.92 Å². The Kier molecular flexibility index (Phi) is 6.26. The van der Waals surface area contributed by atoms with Gasteiger partial charge in [-0.05, 0) is 42.8 Å². The van der Waals surface area contributed by atoms with Crippen LogP contribution in [-0.2, 0) is 4.74 Å². The summed E-state index contributed by atoms with van der Waals surface area (Å²) in [5.74, 6) is -0.0670. The lowest BCUT2D eigenvalue weighted by molar-refractivity contribution is 0.102. The van der Waals surface area contributed by atoms with Crippen molar-refractivity contribution in [2.24, 2.45) is 0 Å². The number of methoxy groups -OCH3 is 1. The highest BCUT2D eigenvalue weighted by molar-refractivity contribution is 6.05. The highest BCUT2D eigenvalue weighted by Crippen LogP contribution is 2.20. The van der Waals surface area contributed by atoms with E-state index in [0.717, 1.165) is 50.6 Å². The van der Waals surface area contributed by atoms with E-state index in [2.05, 4.69) is 27.2 Å². The average Bonchev–Trinajstić information content (AvgIpc) is 2.68. The minimum absolute atomic E-state index is 0.0670. The molecule has 138 valence electrons. The van der Waals surface area contributed by atoms with Crippen LogP contribution in [0.1, 0.15) is 15.9 Å². The number of hydrogen-bond acceptors (Lipinski definition) is 4. The molecule has 0 radical (unpaired) electrons. The van der Waals surface area contributed by atoms with Crippen molar-refractivity contribution in [1.29, 1.82) is 0 Å². The van der Waals surface area contributed by atoms with E-state index in [0.29, 0.717) is 5.56 Å². The van der Waals surface area contributed by atoms with Gasteiger partial charge in [0, 0.05) is 56.8 Å². The lowest BCUT2D eigenvalue weighted by Gasteiger charge is -2.36. The number of benzene rings is 2. The van der Waals surface area contributed by atoms with Crippen LogP contribution in [0, 0.1) is 6.92 Å². The summed E-state index contributed by atoms with van der Waals surface area (Å²) in [4.78, 5) is 17.2. The van der Waals surface area contributed by atoms with Crippen LogP contribution in [0.25, 0.3) is 0 Å². The van der Waals surface area contributed by atoms with Gasteiger partial charge in [-0.2, -0.15) is 0 Å². The summed E-state index contributed by atoms with van der Waals surface area (Å²) in [6.07, 6.45) is 0. The number of nitrogens with zero attached hydrogens (tertiary/aromatic N) is 2. The summed E-state index contributed by atoms with van der Waals surface area (Å²) in [5.41, 5.74) is 3.71. The molecule has 1 N–H and O–H groups in total. The third kappa shape index (κ3) is 4.62. The van der Waals surface area contributed by atoms with Gasteiger partial charge in [-0.25, -0.2) is 0 Å². The predicted octanol–water partition coefficient (Wildman–Crippen LogP) is 3.02. The Bertz CT molecular complexity index is 722. The number of ether oxygens (including phenoxy) is 1. The third-order valence-corrected chi connectivity index (χ3v) is 4.86. The van der Waals surface area contributed by atoms with Gasteiger partial charge in [0.1, 0.15) is 0 Å². The van der Waals surface area contributed by atoms with Gasteiger partial charge in [-0.3, -0.25) is 9.69 Å². The largest absolute Gasteiger partial charge is 0.383 e. The number of piperazine rings is 1. The van der Waals surface area contributed by atoms with Crippen molar-refractivity contribution in [1.82, 2.24) is 4.90 Å². The van der Waals surface area contributed by atoms with E-state index in [-0.39, 0.29) is 5.91 Å². The van der Waals surface area contributed by atoms with Gasteiger partial charge >= 0.3 is 0 Å². The number of hydrogen-bond donors (Lipinski definition) is 1. The molecule has 1 aliphatic rings. The first-order chi connectivity index (χ1) is 12.7. The molecule has 1 fully saturated rings. The third-order valence-electron chi connectivity index (χ3n) is 4.86. The maximum Gasteiger partial charge on any atom is 0.255 e. The Labute approximate surface area is 155 Å². The van der Waals surface area contributed by atoms with Gasteiger partial charge in [0.2, 0.25) is 0 Å². The SMILES string of the molecule is COCCN1CCN(c2ccc(NC(=O)c3ccccc3C)cc2)CC1.